The molecule has 0 aliphatic carbocycles. The fourth-order valence-electron chi connectivity index (χ4n) is 3.32. The van der Waals surface area contributed by atoms with Crippen LogP contribution >= 0.6 is 12.2 Å². The first-order valence-electron chi connectivity index (χ1n) is 9.75. The Labute approximate surface area is 180 Å². The van der Waals surface area contributed by atoms with Crippen LogP contribution in [-0.2, 0) is 13.1 Å². The van der Waals surface area contributed by atoms with E-state index in [1.807, 2.05) is 73.3 Å². The molecule has 0 atom stereocenters. The lowest BCUT2D eigenvalue weighted by molar-refractivity contribution is 0.359. The van der Waals surface area contributed by atoms with Gasteiger partial charge in [0.25, 0.3) is 5.56 Å². The van der Waals surface area contributed by atoms with Crippen LogP contribution in [0.2, 0.25) is 0 Å². The molecule has 0 saturated heterocycles. The van der Waals surface area contributed by atoms with E-state index < -0.39 is 0 Å². The van der Waals surface area contributed by atoms with Gasteiger partial charge in [-0.3, -0.25) is 4.79 Å². The normalized spacial score (nSPS) is 10.9. The van der Waals surface area contributed by atoms with Gasteiger partial charge in [-0.2, -0.15) is 0 Å². The molecule has 2 aromatic carbocycles. The standard InChI is InChI=1S/C24H23N3O2S/c1-16-5-8-20(9-6-16)25-24(30)27(15-21-4-3-11-29-21)14-19-13-18-12-17(2)7-10-22(18)26-23(19)28/h3-13H,14-15H2,1-2H3,(H,25,30)(H,26,28). The predicted octanol–water partition coefficient (Wildman–Crippen LogP) is 5.14. The van der Waals surface area contributed by atoms with Crippen LogP contribution in [-0.4, -0.2) is 15.0 Å². The van der Waals surface area contributed by atoms with E-state index in [1.54, 1.807) is 6.26 Å². The highest BCUT2D eigenvalue weighted by atomic mass is 32.1. The lowest BCUT2D eigenvalue weighted by Crippen LogP contribution is -2.35. The number of aryl methyl sites for hydroxylation is 2. The fraction of sp³-hybridized carbons (Fsp3) is 0.167. The molecule has 0 saturated carbocycles. The van der Waals surface area contributed by atoms with Crippen LogP contribution in [0, 0.1) is 13.8 Å². The summed E-state index contributed by atoms with van der Waals surface area (Å²) in [6, 6.07) is 19.7. The Morgan fingerprint density at radius 1 is 1.03 bits per heavy atom. The van der Waals surface area contributed by atoms with Gasteiger partial charge < -0.3 is 19.6 Å². The molecule has 5 nitrogen and oxygen atoms in total. The number of fused-ring (bicyclic) bond motifs is 1. The molecular formula is C24H23N3O2S. The van der Waals surface area contributed by atoms with Gasteiger partial charge >= 0.3 is 0 Å². The molecule has 4 rings (SSSR count). The van der Waals surface area contributed by atoms with E-state index in [9.17, 15) is 4.79 Å². The number of pyridine rings is 1. The molecule has 2 N–H and O–H groups in total. The third-order valence-corrected chi connectivity index (χ3v) is 5.31. The van der Waals surface area contributed by atoms with Gasteiger partial charge in [0.15, 0.2) is 5.11 Å². The lowest BCUT2D eigenvalue weighted by Gasteiger charge is -2.25. The molecule has 152 valence electrons. The molecule has 0 fully saturated rings. The van der Waals surface area contributed by atoms with Crippen molar-refractivity contribution in [1.82, 2.24) is 9.88 Å². The summed E-state index contributed by atoms with van der Waals surface area (Å²) in [4.78, 5) is 17.6. The Morgan fingerprint density at radius 3 is 2.53 bits per heavy atom. The smallest absolute Gasteiger partial charge is 0.253 e. The number of aromatic nitrogens is 1. The van der Waals surface area contributed by atoms with Crippen LogP contribution in [0.25, 0.3) is 10.9 Å². The summed E-state index contributed by atoms with van der Waals surface area (Å²) in [5, 5.41) is 4.80. The molecule has 0 aliphatic heterocycles. The molecule has 2 aromatic heterocycles. The number of nitrogens with zero attached hydrogens (tertiary/aromatic N) is 1. The van der Waals surface area contributed by atoms with Gasteiger partial charge in [0, 0.05) is 16.8 Å². The summed E-state index contributed by atoms with van der Waals surface area (Å²) >= 11 is 5.68. The average molecular weight is 418 g/mol. The summed E-state index contributed by atoms with van der Waals surface area (Å²) in [6.45, 7) is 4.89. The number of anilines is 1. The zero-order valence-corrected chi connectivity index (χ0v) is 17.8. The number of nitrogens with one attached hydrogen (secondary N) is 2. The number of furan rings is 1. The zero-order chi connectivity index (χ0) is 21.1. The number of thiocarbonyl (C=S) groups is 1. The van der Waals surface area contributed by atoms with Crippen LogP contribution in [0.1, 0.15) is 22.5 Å². The monoisotopic (exact) mass is 417 g/mol. The Kier molecular flexibility index (Phi) is 5.68. The van der Waals surface area contributed by atoms with Crippen molar-refractivity contribution in [3.05, 3.63) is 99.7 Å². The first kappa shape index (κ1) is 19.9. The van der Waals surface area contributed by atoms with Gasteiger partial charge in [0.2, 0.25) is 0 Å². The molecule has 2 heterocycles. The molecular weight excluding hydrogens is 394 g/mol. The number of aromatic amines is 1. The first-order chi connectivity index (χ1) is 14.5. The van der Waals surface area contributed by atoms with Crippen LogP contribution in [0.5, 0.6) is 0 Å². The summed E-state index contributed by atoms with van der Waals surface area (Å²) in [6.07, 6.45) is 1.63. The van der Waals surface area contributed by atoms with Crippen molar-refractivity contribution in [2.45, 2.75) is 26.9 Å². The Bertz CT molecular complexity index is 1230. The maximum atomic E-state index is 12.7. The van der Waals surface area contributed by atoms with Gasteiger partial charge in [-0.25, -0.2) is 0 Å². The molecule has 0 bridgehead atoms. The highest BCUT2D eigenvalue weighted by molar-refractivity contribution is 7.80. The molecule has 0 amide bonds. The van der Waals surface area contributed by atoms with Crippen molar-refractivity contribution in [2.24, 2.45) is 0 Å². The van der Waals surface area contributed by atoms with Crippen LogP contribution in [0.4, 0.5) is 5.69 Å². The van der Waals surface area contributed by atoms with Gasteiger partial charge in [-0.05, 0) is 73.9 Å². The van der Waals surface area contributed by atoms with E-state index >= 15 is 0 Å². The maximum Gasteiger partial charge on any atom is 0.253 e. The van der Waals surface area contributed by atoms with E-state index in [0.717, 1.165) is 27.9 Å². The molecule has 6 heteroatoms. The summed E-state index contributed by atoms with van der Waals surface area (Å²) in [7, 11) is 0. The molecule has 0 aliphatic rings. The summed E-state index contributed by atoms with van der Waals surface area (Å²) in [5.41, 5.74) is 4.58. The molecule has 4 aromatic rings. The molecule has 30 heavy (non-hydrogen) atoms. The van der Waals surface area contributed by atoms with Crippen molar-refractivity contribution < 1.29 is 4.42 Å². The third kappa shape index (κ3) is 4.60. The first-order valence-corrected chi connectivity index (χ1v) is 10.2. The summed E-state index contributed by atoms with van der Waals surface area (Å²) < 4.78 is 5.52. The maximum absolute atomic E-state index is 12.7. The van der Waals surface area contributed by atoms with Crippen molar-refractivity contribution in [3.63, 3.8) is 0 Å². The fourth-order valence-corrected chi connectivity index (χ4v) is 3.57. The Hall–Kier alpha value is -3.38. The van der Waals surface area contributed by atoms with E-state index in [-0.39, 0.29) is 5.56 Å². The average Bonchev–Trinajstić information content (AvgIpc) is 3.23. The second-order valence-electron chi connectivity index (χ2n) is 7.45. The minimum atomic E-state index is -0.117. The summed E-state index contributed by atoms with van der Waals surface area (Å²) in [5.74, 6) is 0.774. The zero-order valence-electron chi connectivity index (χ0n) is 16.9. The van der Waals surface area contributed by atoms with Gasteiger partial charge in [0.05, 0.1) is 19.4 Å². The molecule has 0 radical (unpaired) electrons. The van der Waals surface area contributed by atoms with Crippen molar-refractivity contribution in [2.75, 3.05) is 5.32 Å². The second kappa shape index (κ2) is 8.55. The minimum absolute atomic E-state index is 0.117. The van der Waals surface area contributed by atoms with Gasteiger partial charge in [-0.15, -0.1) is 0 Å². The van der Waals surface area contributed by atoms with Gasteiger partial charge in [-0.1, -0.05) is 29.3 Å². The lowest BCUT2D eigenvalue weighted by atomic mass is 10.1. The van der Waals surface area contributed by atoms with Gasteiger partial charge in [0.1, 0.15) is 5.76 Å². The van der Waals surface area contributed by atoms with E-state index in [2.05, 4.69) is 16.4 Å². The quantitative estimate of drug-likeness (QED) is 0.441. The van der Waals surface area contributed by atoms with Crippen molar-refractivity contribution in [3.8, 4) is 0 Å². The van der Waals surface area contributed by atoms with Crippen LogP contribution in [0.15, 0.2) is 76.1 Å². The van der Waals surface area contributed by atoms with E-state index in [4.69, 9.17) is 16.6 Å². The number of H-pyrrole nitrogens is 1. The Balaban J connectivity index is 1.63. The molecule has 0 unspecified atom stereocenters. The van der Waals surface area contributed by atoms with Crippen molar-refractivity contribution >= 4 is 33.9 Å². The number of hydrogen-bond donors (Lipinski definition) is 2. The topological polar surface area (TPSA) is 61.3 Å². The molecule has 0 spiro atoms. The number of hydrogen-bond acceptors (Lipinski definition) is 3. The van der Waals surface area contributed by atoms with Crippen molar-refractivity contribution in [1.29, 1.82) is 0 Å². The minimum Gasteiger partial charge on any atom is -0.467 e. The SMILES string of the molecule is Cc1ccc(NC(=S)N(Cc2ccco2)Cc2cc3cc(C)ccc3[nH]c2=O)cc1. The highest BCUT2D eigenvalue weighted by Gasteiger charge is 2.15. The largest absolute Gasteiger partial charge is 0.467 e. The van der Waals surface area contributed by atoms with E-state index in [1.165, 1.54) is 5.56 Å². The van der Waals surface area contributed by atoms with E-state index in [0.29, 0.717) is 23.8 Å². The predicted molar refractivity (Wildman–Crippen MR) is 125 cm³/mol. The Morgan fingerprint density at radius 2 is 1.80 bits per heavy atom. The third-order valence-electron chi connectivity index (χ3n) is 4.95. The number of benzene rings is 2. The number of rotatable bonds is 5. The highest BCUT2D eigenvalue weighted by Crippen LogP contribution is 2.17. The van der Waals surface area contributed by atoms with Crippen LogP contribution < -0.4 is 10.9 Å². The van der Waals surface area contributed by atoms with Crippen LogP contribution in [0.3, 0.4) is 0 Å². The second-order valence-corrected chi connectivity index (χ2v) is 7.83.